The Morgan fingerprint density at radius 2 is 1.72 bits per heavy atom. The number of aryl methyl sites for hydroxylation is 1. The lowest BCUT2D eigenvalue weighted by molar-refractivity contribution is 0.0946. The topological polar surface area (TPSA) is 66.9 Å². The molecule has 1 aromatic heterocycles. The van der Waals surface area contributed by atoms with Gasteiger partial charge in [-0.1, -0.05) is 49.4 Å². The third-order valence-electron chi connectivity index (χ3n) is 3.83. The molecule has 126 valence electrons. The van der Waals surface area contributed by atoms with Crippen molar-refractivity contribution in [2.45, 2.75) is 19.9 Å². The first-order valence-electron chi connectivity index (χ1n) is 8.24. The van der Waals surface area contributed by atoms with Crippen LogP contribution in [-0.4, -0.2) is 15.9 Å². The van der Waals surface area contributed by atoms with Crippen LogP contribution in [0.3, 0.4) is 0 Å². The number of amides is 1. The van der Waals surface area contributed by atoms with E-state index < -0.39 is 0 Å². The summed E-state index contributed by atoms with van der Waals surface area (Å²) in [5, 5.41) is 6.06. The number of aromatic nitrogens is 2. The van der Waals surface area contributed by atoms with E-state index in [0.717, 1.165) is 17.7 Å². The van der Waals surface area contributed by atoms with Gasteiger partial charge in [0.25, 0.3) is 5.91 Å². The zero-order chi connectivity index (χ0) is 17.5. The molecule has 0 saturated heterocycles. The third-order valence-corrected chi connectivity index (χ3v) is 3.83. The molecule has 0 fully saturated rings. The van der Waals surface area contributed by atoms with E-state index in [1.807, 2.05) is 42.5 Å². The fourth-order valence-electron chi connectivity index (χ4n) is 2.39. The second kappa shape index (κ2) is 8.06. The molecule has 3 aromatic rings. The smallest absolute Gasteiger partial charge is 0.270 e. The molecule has 0 aliphatic rings. The number of anilines is 2. The molecule has 0 spiro atoms. The summed E-state index contributed by atoms with van der Waals surface area (Å²) in [5.41, 5.74) is 3.57. The average Bonchev–Trinajstić information content (AvgIpc) is 2.68. The number of benzene rings is 2. The molecule has 0 aliphatic carbocycles. The summed E-state index contributed by atoms with van der Waals surface area (Å²) in [6, 6.07) is 19.5. The summed E-state index contributed by atoms with van der Waals surface area (Å²) in [7, 11) is 0. The number of hydrogen-bond donors (Lipinski definition) is 2. The van der Waals surface area contributed by atoms with Gasteiger partial charge >= 0.3 is 0 Å². The first kappa shape index (κ1) is 16.6. The first-order valence-corrected chi connectivity index (χ1v) is 8.24. The van der Waals surface area contributed by atoms with Gasteiger partial charge in [0, 0.05) is 18.3 Å². The molecule has 0 radical (unpaired) electrons. The van der Waals surface area contributed by atoms with Crippen LogP contribution in [0.1, 0.15) is 28.5 Å². The Morgan fingerprint density at radius 1 is 0.960 bits per heavy atom. The van der Waals surface area contributed by atoms with Gasteiger partial charge in [-0.15, -0.1) is 0 Å². The van der Waals surface area contributed by atoms with Crippen LogP contribution in [-0.2, 0) is 13.0 Å². The molecule has 0 unspecified atom stereocenters. The highest BCUT2D eigenvalue weighted by atomic mass is 16.1. The Balaban J connectivity index is 1.64. The number of hydrogen-bond acceptors (Lipinski definition) is 4. The molecular formula is C20H20N4O. The molecule has 1 amide bonds. The van der Waals surface area contributed by atoms with Crippen LogP contribution in [0.5, 0.6) is 0 Å². The highest BCUT2D eigenvalue weighted by Crippen LogP contribution is 2.15. The Morgan fingerprint density at radius 3 is 2.44 bits per heavy atom. The predicted molar refractivity (Wildman–Crippen MR) is 98.7 cm³/mol. The minimum atomic E-state index is -0.226. The third kappa shape index (κ3) is 4.64. The van der Waals surface area contributed by atoms with Crippen LogP contribution in [0.4, 0.5) is 11.5 Å². The van der Waals surface area contributed by atoms with E-state index in [9.17, 15) is 4.79 Å². The minimum Gasteiger partial charge on any atom is -0.347 e. The molecule has 0 saturated carbocycles. The number of nitrogens with zero attached hydrogens (tertiary/aromatic N) is 2. The monoisotopic (exact) mass is 332 g/mol. The summed E-state index contributed by atoms with van der Waals surface area (Å²) in [6.07, 6.45) is 2.39. The van der Waals surface area contributed by atoms with Gasteiger partial charge in [0.2, 0.25) is 0 Å². The van der Waals surface area contributed by atoms with Gasteiger partial charge in [-0.2, -0.15) is 0 Å². The summed E-state index contributed by atoms with van der Waals surface area (Å²) < 4.78 is 0. The average molecular weight is 332 g/mol. The number of rotatable bonds is 6. The van der Waals surface area contributed by atoms with E-state index in [4.69, 9.17) is 0 Å². The predicted octanol–water partition coefficient (Wildman–Crippen LogP) is 3.71. The van der Waals surface area contributed by atoms with Crippen LogP contribution in [0.15, 0.2) is 67.0 Å². The largest absolute Gasteiger partial charge is 0.347 e. The molecule has 25 heavy (non-hydrogen) atoms. The minimum absolute atomic E-state index is 0.226. The summed E-state index contributed by atoms with van der Waals surface area (Å²) in [5.74, 6) is 0.361. The van der Waals surface area contributed by atoms with Gasteiger partial charge in [0.15, 0.2) is 0 Å². The maximum atomic E-state index is 12.3. The lowest BCUT2D eigenvalue weighted by Crippen LogP contribution is -2.24. The SMILES string of the molecule is CCc1ccc(Nc2cc(C(=O)NCc3ccccc3)ncn2)cc1. The quantitative estimate of drug-likeness (QED) is 0.722. The van der Waals surface area contributed by atoms with Crippen molar-refractivity contribution in [3.63, 3.8) is 0 Å². The van der Waals surface area contributed by atoms with Crippen molar-refractivity contribution in [1.82, 2.24) is 15.3 Å². The molecule has 5 nitrogen and oxygen atoms in total. The van der Waals surface area contributed by atoms with E-state index in [1.165, 1.54) is 11.9 Å². The molecule has 3 rings (SSSR count). The maximum Gasteiger partial charge on any atom is 0.270 e. The van der Waals surface area contributed by atoms with Crippen molar-refractivity contribution in [3.05, 3.63) is 83.8 Å². The van der Waals surface area contributed by atoms with Gasteiger partial charge in [-0.25, -0.2) is 9.97 Å². The van der Waals surface area contributed by atoms with Crippen molar-refractivity contribution in [2.24, 2.45) is 0 Å². The van der Waals surface area contributed by atoms with Crippen LogP contribution in [0.25, 0.3) is 0 Å². The Kier molecular flexibility index (Phi) is 5.36. The van der Waals surface area contributed by atoms with Crippen LogP contribution in [0, 0.1) is 0 Å². The van der Waals surface area contributed by atoms with Crippen LogP contribution >= 0.6 is 0 Å². The van der Waals surface area contributed by atoms with Crippen molar-refractivity contribution < 1.29 is 4.79 Å². The fraction of sp³-hybridized carbons (Fsp3) is 0.150. The Bertz CT molecular complexity index is 832. The molecule has 0 bridgehead atoms. The standard InChI is InChI=1S/C20H20N4O/c1-2-15-8-10-17(11-9-15)24-19-12-18(22-14-23-19)20(25)21-13-16-6-4-3-5-7-16/h3-12,14H,2,13H2,1H3,(H,21,25)(H,22,23,24). The van der Waals surface area contributed by atoms with Gasteiger partial charge in [0.1, 0.15) is 17.8 Å². The zero-order valence-electron chi connectivity index (χ0n) is 14.1. The maximum absolute atomic E-state index is 12.3. The number of carbonyl (C=O) groups excluding carboxylic acids is 1. The Hall–Kier alpha value is -3.21. The van der Waals surface area contributed by atoms with Crippen LogP contribution < -0.4 is 10.6 Å². The molecular weight excluding hydrogens is 312 g/mol. The van der Waals surface area contributed by atoms with Gasteiger partial charge in [-0.3, -0.25) is 4.79 Å². The van der Waals surface area contributed by atoms with E-state index in [2.05, 4.69) is 39.7 Å². The van der Waals surface area contributed by atoms with Crippen molar-refractivity contribution >= 4 is 17.4 Å². The van der Waals surface area contributed by atoms with Gasteiger partial charge in [-0.05, 0) is 29.7 Å². The summed E-state index contributed by atoms with van der Waals surface area (Å²) in [6.45, 7) is 2.58. The van der Waals surface area contributed by atoms with Gasteiger partial charge in [0.05, 0.1) is 0 Å². The first-order chi connectivity index (χ1) is 12.2. The molecule has 5 heteroatoms. The van der Waals surface area contributed by atoms with E-state index in [1.54, 1.807) is 6.07 Å². The highest BCUT2D eigenvalue weighted by molar-refractivity contribution is 5.92. The highest BCUT2D eigenvalue weighted by Gasteiger charge is 2.08. The van der Waals surface area contributed by atoms with Crippen molar-refractivity contribution in [1.29, 1.82) is 0 Å². The van der Waals surface area contributed by atoms with E-state index >= 15 is 0 Å². The molecule has 0 atom stereocenters. The summed E-state index contributed by atoms with van der Waals surface area (Å²) in [4.78, 5) is 20.5. The second-order valence-corrected chi connectivity index (χ2v) is 5.63. The lowest BCUT2D eigenvalue weighted by atomic mass is 10.1. The van der Waals surface area contributed by atoms with E-state index in [0.29, 0.717) is 18.1 Å². The molecule has 1 heterocycles. The van der Waals surface area contributed by atoms with Gasteiger partial charge < -0.3 is 10.6 Å². The van der Waals surface area contributed by atoms with E-state index in [-0.39, 0.29) is 5.91 Å². The zero-order valence-corrected chi connectivity index (χ0v) is 14.1. The van der Waals surface area contributed by atoms with Crippen molar-refractivity contribution in [2.75, 3.05) is 5.32 Å². The fourth-order valence-corrected chi connectivity index (χ4v) is 2.39. The molecule has 2 aromatic carbocycles. The Labute approximate surface area is 147 Å². The van der Waals surface area contributed by atoms with Crippen LogP contribution in [0.2, 0.25) is 0 Å². The number of carbonyl (C=O) groups is 1. The number of nitrogens with one attached hydrogen (secondary N) is 2. The lowest BCUT2D eigenvalue weighted by Gasteiger charge is -2.08. The molecule has 0 aliphatic heterocycles. The molecule has 2 N–H and O–H groups in total. The second-order valence-electron chi connectivity index (χ2n) is 5.63. The van der Waals surface area contributed by atoms with Crippen molar-refractivity contribution in [3.8, 4) is 0 Å². The summed E-state index contributed by atoms with van der Waals surface area (Å²) >= 11 is 0. The normalized spacial score (nSPS) is 10.3.